The van der Waals surface area contributed by atoms with Crippen molar-refractivity contribution in [2.75, 3.05) is 4.72 Å². The molecule has 9 nitrogen and oxygen atoms in total. The molecule has 0 aliphatic rings. The van der Waals surface area contributed by atoms with Crippen LogP contribution in [0.2, 0.25) is 0 Å². The minimum Gasteiger partial charge on any atom is -0.384 e. The molecule has 2 heterocycles. The van der Waals surface area contributed by atoms with Crippen LogP contribution in [0.15, 0.2) is 17.4 Å². The average molecular weight is 283 g/mol. The molecule has 0 bridgehead atoms. The van der Waals surface area contributed by atoms with E-state index in [0.717, 1.165) is 0 Å². The number of hydrogen-bond donors (Lipinski definition) is 4. The van der Waals surface area contributed by atoms with Crippen molar-refractivity contribution in [1.82, 2.24) is 19.7 Å². The van der Waals surface area contributed by atoms with Gasteiger partial charge in [-0.25, -0.2) is 4.98 Å². The van der Waals surface area contributed by atoms with E-state index in [1.165, 1.54) is 17.1 Å². The topological polar surface area (TPSA) is 143 Å². The Morgan fingerprint density at radius 2 is 2.21 bits per heavy atom. The van der Waals surface area contributed by atoms with Gasteiger partial charge in [-0.15, -0.1) is 0 Å². The summed E-state index contributed by atoms with van der Waals surface area (Å²) < 4.78 is 27.8. The maximum Gasteiger partial charge on any atom is 0.280 e. The van der Waals surface area contributed by atoms with Gasteiger partial charge in [0.1, 0.15) is 17.5 Å². The number of anilines is 1. The highest BCUT2D eigenvalue weighted by atomic mass is 32.2. The lowest BCUT2D eigenvalue weighted by Crippen LogP contribution is -2.20. The number of nitrogens with one attached hydrogen (secondary N) is 3. The quantitative estimate of drug-likeness (QED) is 0.443. The van der Waals surface area contributed by atoms with Gasteiger partial charge in [0.2, 0.25) is 0 Å². The van der Waals surface area contributed by atoms with Gasteiger partial charge in [0.05, 0.1) is 18.0 Å². The lowest BCUT2D eigenvalue weighted by atomic mass is 10.3. The predicted molar refractivity (Wildman–Crippen MR) is 68.4 cm³/mol. The predicted octanol–water partition coefficient (Wildman–Crippen LogP) is -0.464. The number of amidine groups is 1. The molecule has 0 saturated heterocycles. The monoisotopic (exact) mass is 283 g/mol. The molecule has 0 spiro atoms. The molecule has 2 aromatic rings. The zero-order valence-electron chi connectivity index (χ0n) is 10.3. The van der Waals surface area contributed by atoms with Crippen molar-refractivity contribution in [3.05, 3.63) is 23.8 Å². The highest BCUT2D eigenvalue weighted by molar-refractivity contribution is 7.92. The number of rotatable bonds is 4. The van der Waals surface area contributed by atoms with Crippen molar-refractivity contribution in [3.8, 4) is 0 Å². The first kappa shape index (κ1) is 13.1. The SMILES string of the molecule is Cc1ncc(S(=O)(=O)Nc2c(C(=N)N)cnn2C)[nH]1. The summed E-state index contributed by atoms with van der Waals surface area (Å²) in [6.45, 7) is 1.64. The number of nitrogens with zero attached hydrogens (tertiary/aromatic N) is 3. The Morgan fingerprint density at radius 1 is 1.53 bits per heavy atom. The molecule has 0 aliphatic heterocycles. The zero-order chi connectivity index (χ0) is 14.2. The van der Waals surface area contributed by atoms with Gasteiger partial charge in [-0.05, 0) is 6.92 Å². The smallest absolute Gasteiger partial charge is 0.280 e. The second-order valence-corrected chi connectivity index (χ2v) is 5.53. The van der Waals surface area contributed by atoms with E-state index in [2.05, 4.69) is 19.8 Å². The van der Waals surface area contributed by atoms with Crippen molar-refractivity contribution < 1.29 is 8.42 Å². The van der Waals surface area contributed by atoms with Gasteiger partial charge >= 0.3 is 0 Å². The summed E-state index contributed by atoms with van der Waals surface area (Å²) >= 11 is 0. The van der Waals surface area contributed by atoms with Gasteiger partial charge in [-0.3, -0.25) is 14.8 Å². The standard InChI is InChI=1S/C9H13N7O2S/c1-5-12-4-7(14-5)19(17,18)15-9-6(8(10)11)3-13-16(9)2/h3-4,15H,1-2H3,(H3,10,11)(H,12,14). The van der Waals surface area contributed by atoms with E-state index in [4.69, 9.17) is 11.1 Å². The Balaban J connectivity index is 2.41. The summed E-state index contributed by atoms with van der Waals surface area (Å²) in [5.41, 5.74) is 5.58. The Bertz CT molecular complexity index is 728. The van der Waals surface area contributed by atoms with Crippen LogP contribution in [0, 0.1) is 12.3 Å². The van der Waals surface area contributed by atoms with Crippen LogP contribution in [0.5, 0.6) is 0 Å². The van der Waals surface area contributed by atoms with Crippen LogP contribution < -0.4 is 10.5 Å². The fourth-order valence-corrected chi connectivity index (χ4v) is 2.55. The Hall–Kier alpha value is -2.36. The number of aromatic amines is 1. The normalized spacial score (nSPS) is 11.5. The van der Waals surface area contributed by atoms with Gasteiger partial charge in [0, 0.05) is 7.05 Å². The third-order valence-corrected chi connectivity index (χ3v) is 3.68. The molecule has 0 saturated carbocycles. The summed E-state index contributed by atoms with van der Waals surface area (Å²) in [5, 5.41) is 11.2. The second kappa shape index (κ2) is 4.39. The fourth-order valence-electron chi connectivity index (χ4n) is 1.47. The first-order valence-electron chi connectivity index (χ1n) is 5.22. The Kier molecular flexibility index (Phi) is 3.02. The van der Waals surface area contributed by atoms with Gasteiger partial charge < -0.3 is 10.7 Å². The molecule has 0 atom stereocenters. The summed E-state index contributed by atoms with van der Waals surface area (Å²) in [6.07, 6.45) is 2.53. The Morgan fingerprint density at radius 3 is 2.74 bits per heavy atom. The minimum absolute atomic E-state index is 0.0688. The maximum absolute atomic E-state index is 12.1. The number of aryl methyl sites for hydroxylation is 2. The zero-order valence-corrected chi connectivity index (χ0v) is 11.1. The summed E-state index contributed by atoms with van der Waals surface area (Å²) in [5.74, 6) is 0.337. The number of nitrogens with two attached hydrogens (primary N) is 1. The molecule has 0 radical (unpaired) electrons. The largest absolute Gasteiger partial charge is 0.384 e. The van der Waals surface area contributed by atoms with Crippen LogP contribution in [0.3, 0.4) is 0 Å². The lowest BCUT2D eigenvalue weighted by molar-refractivity contribution is 0.597. The molecule has 5 N–H and O–H groups in total. The molecule has 0 fully saturated rings. The highest BCUT2D eigenvalue weighted by Gasteiger charge is 2.21. The molecule has 0 amide bonds. The molecule has 19 heavy (non-hydrogen) atoms. The fraction of sp³-hybridized carbons (Fsp3) is 0.222. The number of sulfonamides is 1. The second-order valence-electron chi connectivity index (χ2n) is 3.88. The van der Waals surface area contributed by atoms with Crippen LogP contribution in [0.4, 0.5) is 5.82 Å². The van der Waals surface area contributed by atoms with Crippen molar-refractivity contribution in [3.63, 3.8) is 0 Å². The van der Waals surface area contributed by atoms with E-state index >= 15 is 0 Å². The number of aromatic nitrogens is 4. The van der Waals surface area contributed by atoms with Gasteiger partial charge in [-0.1, -0.05) is 0 Å². The van der Waals surface area contributed by atoms with Crippen LogP contribution in [-0.4, -0.2) is 34.0 Å². The molecule has 10 heteroatoms. The molecule has 2 rings (SSSR count). The third kappa shape index (κ3) is 2.42. The Labute approximate surface area is 109 Å². The van der Waals surface area contributed by atoms with E-state index < -0.39 is 10.0 Å². The number of H-pyrrole nitrogens is 1. The van der Waals surface area contributed by atoms with Crippen LogP contribution in [0.1, 0.15) is 11.4 Å². The van der Waals surface area contributed by atoms with Crippen molar-refractivity contribution >= 4 is 21.7 Å². The van der Waals surface area contributed by atoms with E-state index in [-0.39, 0.29) is 22.2 Å². The summed E-state index contributed by atoms with van der Waals surface area (Å²) in [4.78, 5) is 6.45. The van der Waals surface area contributed by atoms with Crippen LogP contribution in [-0.2, 0) is 17.1 Å². The van der Waals surface area contributed by atoms with Crippen molar-refractivity contribution in [2.45, 2.75) is 11.9 Å². The van der Waals surface area contributed by atoms with E-state index in [0.29, 0.717) is 5.82 Å². The number of imidazole rings is 1. The van der Waals surface area contributed by atoms with Crippen LogP contribution in [0.25, 0.3) is 0 Å². The van der Waals surface area contributed by atoms with Gasteiger partial charge in [0.15, 0.2) is 5.03 Å². The van der Waals surface area contributed by atoms with Crippen molar-refractivity contribution in [2.24, 2.45) is 12.8 Å². The lowest BCUT2D eigenvalue weighted by Gasteiger charge is -2.08. The molecule has 102 valence electrons. The highest BCUT2D eigenvalue weighted by Crippen LogP contribution is 2.18. The minimum atomic E-state index is -3.82. The van der Waals surface area contributed by atoms with Crippen molar-refractivity contribution in [1.29, 1.82) is 5.41 Å². The number of hydrogen-bond acceptors (Lipinski definition) is 5. The number of nitrogen functional groups attached to an aromatic ring is 1. The van der Waals surface area contributed by atoms with Gasteiger partial charge in [0.25, 0.3) is 10.0 Å². The molecule has 0 unspecified atom stereocenters. The molecule has 0 aliphatic carbocycles. The van der Waals surface area contributed by atoms with E-state index in [1.54, 1.807) is 14.0 Å². The first-order valence-corrected chi connectivity index (χ1v) is 6.70. The first-order chi connectivity index (χ1) is 8.81. The molecule has 2 aromatic heterocycles. The van der Waals surface area contributed by atoms with Gasteiger partial charge in [-0.2, -0.15) is 13.5 Å². The van der Waals surface area contributed by atoms with Crippen LogP contribution >= 0.6 is 0 Å². The average Bonchev–Trinajstić information content (AvgIpc) is 2.87. The maximum atomic E-state index is 12.1. The summed E-state index contributed by atoms with van der Waals surface area (Å²) in [6, 6.07) is 0. The van der Waals surface area contributed by atoms with E-state index in [9.17, 15) is 8.42 Å². The molecule has 0 aromatic carbocycles. The summed E-state index contributed by atoms with van der Waals surface area (Å²) in [7, 11) is -2.28. The third-order valence-electron chi connectivity index (χ3n) is 2.43. The molecular formula is C9H13N7O2S. The molecular weight excluding hydrogens is 270 g/mol. The van der Waals surface area contributed by atoms with E-state index in [1.807, 2.05) is 0 Å².